The van der Waals surface area contributed by atoms with Gasteiger partial charge in [0.1, 0.15) is 11.5 Å². The number of rotatable bonds is 5. The normalized spacial score (nSPS) is 12.1. The third-order valence-corrected chi connectivity index (χ3v) is 2.28. The summed E-state index contributed by atoms with van der Waals surface area (Å²) in [4.78, 5) is 11.3. The second-order valence-corrected chi connectivity index (χ2v) is 3.78. The van der Waals surface area contributed by atoms with Crippen molar-refractivity contribution in [2.45, 2.75) is 13.8 Å². The van der Waals surface area contributed by atoms with Crippen molar-refractivity contribution in [2.75, 3.05) is 18.5 Å². The SMILES string of the molecule is CCOC(=O)C(C)CNc1c(F)cc(F)cc1F. The van der Waals surface area contributed by atoms with Crippen molar-refractivity contribution in [1.82, 2.24) is 0 Å². The summed E-state index contributed by atoms with van der Waals surface area (Å²) in [5, 5.41) is 2.43. The molecule has 0 aromatic heterocycles. The standard InChI is InChI=1S/C12H14F3NO2/c1-3-18-12(17)7(2)6-16-11-9(14)4-8(13)5-10(11)15/h4-5,7,16H,3,6H2,1-2H3. The third-order valence-electron chi connectivity index (χ3n) is 2.28. The van der Waals surface area contributed by atoms with Crippen LogP contribution in [0.5, 0.6) is 0 Å². The predicted octanol–water partition coefficient (Wildman–Crippen LogP) is 2.72. The van der Waals surface area contributed by atoms with Gasteiger partial charge in [-0.2, -0.15) is 0 Å². The van der Waals surface area contributed by atoms with E-state index in [1.54, 1.807) is 13.8 Å². The molecule has 0 saturated heterocycles. The van der Waals surface area contributed by atoms with E-state index in [0.29, 0.717) is 12.1 Å². The van der Waals surface area contributed by atoms with Gasteiger partial charge in [-0.3, -0.25) is 4.79 Å². The molecule has 0 amide bonds. The lowest BCUT2D eigenvalue weighted by molar-refractivity contribution is -0.146. The largest absolute Gasteiger partial charge is 0.466 e. The molecule has 0 bridgehead atoms. The number of ether oxygens (including phenoxy) is 1. The van der Waals surface area contributed by atoms with Crippen molar-refractivity contribution >= 4 is 11.7 Å². The maximum Gasteiger partial charge on any atom is 0.310 e. The van der Waals surface area contributed by atoms with Crippen LogP contribution in [0, 0.1) is 23.4 Å². The highest BCUT2D eigenvalue weighted by Crippen LogP contribution is 2.20. The molecule has 1 atom stereocenters. The topological polar surface area (TPSA) is 38.3 Å². The van der Waals surface area contributed by atoms with Crippen molar-refractivity contribution in [3.8, 4) is 0 Å². The Morgan fingerprint density at radius 1 is 1.33 bits per heavy atom. The van der Waals surface area contributed by atoms with Crippen molar-refractivity contribution in [1.29, 1.82) is 0 Å². The van der Waals surface area contributed by atoms with Crippen LogP contribution in [0.4, 0.5) is 18.9 Å². The summed E-state index contributed by atoms with van der Waals surface area (Å²) in [6.45, 7) is 3.46. The Hall–Kier alpha value is -1.72. The summed E-state index contributed by atoms with van der Waals surface area (Å²) in [7, 11) is 0. The molecule has 1 aromatic carbocycles. The molecule has 100 valence electrons. The van der Waals surface area contributed by atoms with E-state index in [4.69, 9.17) is 4.74 Å². The predicted molar refractivity (Wildman–Crippen MR) is 60.6 cm³/mol. The van der Waals surface area contributed by atoms with E-state index in [1.165, 1.54) is 0 Å². The molecule has 0 aliphatic heterocycles. The van der Waals surface area contributed by atoms with Crippen LogP contribution in [-0.2, 0) is 9.53 Å². The van der Waals surface area contributed by atoms with Crippen LogP contribution in [-0.4, -0.2) is 19.1 Å². The van der Waals surface area contributed by atoms with Gasteiger partial charge in [0.05, 0.1) is 12.5 Å². The molecule has 1 N–H and O–H groups in total. The molecule has 1 rings (SSSR count). The van der Waals surface area contributed by atoms with E-state index in [1.807, 2.05) is 0 Å². The third kappa shape index (κ3) is 3.65. The Morgan fingerprint density at radius 2 is 1.89 bits per heavy atom. The summed E-state index contributed by atoms with van der Waals surface area (Å²) in [5.41, 5.74) is -0.451. The van der Waals surface area contributed by atoms with Gasteiger partial charge in [0.25, 0.3) is 0 Å². The Morgan fingerprint density at radius 3 is 2.39 bits per heavy atom. The minimum Gasteiger partial charge on any atom is -0.466 e. The van der Waals surface area contributed by atoms with Crippen LogP contribution in [0.15, 0.2) is 12.1 Å². The molecule has 1 aromatic rings. The second-order valence-electron chi connectivity index (χ2n) is 3.78. The lowest BCUT2D eigenvalue weighted by Crippen LogP contribution is -2.23. The number of carbonyl (C=O) groups is 1. The van der Waals surface area contributed by atoms with E-state index in [-0.39, 0.29) is 13.2 Å². The fourth-order valence-electron chi connectivity index (χ4n) is 1.33. The molecule has 1 unspecified atom stereocenters. The molecule has 0 fully saturated rings. The smallest absolute Gasteiger partial charge is 0.310 e. The average Bonchev–Trinajstić information content (AvgIpc) is 2.27. The van der Waals surface area contributed by atoms with Gasteiger partial charge in [0, 0.05) is 18.7 Å². The zero-order valence-electron chi connectivity index (χ0n) is 10.1. The van der Waals surface area contributed by atoms with Gasteiger partial charge in [-0.1, -0.05) is 6.92 Å². The molecule has 0 saturated carbocycles. The number of nitrogens with one attached hydrogen (secondary N) is 1. The van der Waals surface area contributed by atoms with Gasteiger partial charge in [0.15, 0.2) is 11.6 Å². The number of carbonyl (C=O) groups excluding carboxylic acids is 1. The number of esters is 1. The van der Waals surface area contributed by atoms with Crippen LogP contribution in [0.25, 0.3) is 0 Å². The number of anilines is 1. The van der Waals surface area contributed by atoms with Crippen LogP contribution in [0.2, 0.25) is 0 Å². The molecule has 0 heterocycles. The lowest BCUT2D eigenvalue weighted by atomic mass is 10.2. The number of hydrogen-bond donors (Lipinski definition) is 1. The highest BCUT2D eigenvalue weighted by atomic mass is 19.1. The minimum absolute atomic E-state index is 0.00168. The van der Waals surface area contributed by atoms with Gasteiger partial charge in [-0.25, -0.2) is 13.2 Å². The van der Waals surface area contributed by atoms with Crippen molar-refractivity contribution < 1.29 is 22.7 Å². The summed E-state index contributed by atoms with van der Waals surface area (Å²) < 4.78 is 43.9. The quantitative estimate of drug-likeness (QED) is 0.828. The van der Waals surface area contributed by atoms with E-state index < -0.39 is 35.0 Å². The summed E-state index contributed by atoms with van der Waals surface area (Å²) in [5.74, 6) is -4.09. The lowest BCUT2D eigenvalue weighted by Gasteiger charge is -2.13. The van der Waals surface area contributed by atoms with Gasteiger partial charge in [-0.15, -0.1) is 0 Å². The Labute approximate surface area is 103 Å². The van der Waals surface area contributed by atoms with Crippen LogP contribution < -0.4 is 5.32 Å². The first-order valence-corrected chi connectivity index (χ1v) is 5.50. The number of benzene rings is 1. The molecule has 18 heavy (non-hydrogen) atoms. The Kier molecular flexibility index (Phi) is 5.00. The summed E-state index contributed by atoms with van der Waals surface area (Å²) >= 11 is 0. The summed E-state index contributed by atoms with van der Waals surface area (Å²) in [6, 6.07) is 1.14. The second kappa shape index (κ2) is 6.28. The summed E-state index contributed by atoms with van der Waals surface area (Å²) in [6.07, 6.45) is 0. The zero-order valence-corrected chi connectivity index (χ0v) is 10.1. The number of halogens is 3. The highest BCUT2D eigenvalue weighted by molar-refractivity contribution is 5.72. The fraction of sp³-hybridized carbons (Fsp3) is 0.417. The molecule has 0 aliphatic rings. The van der Waals surface area contributed by atoms with E-state index >= 15 is 0 Å². The van der Waals surface area contributed by atoms with E-state index in [2.05, 4.69) is 5.32 Å². The van der Waals surface area contributed by atoms with E-state index in [9.17, 15) is 18.0 Å². The Bertz CT molecular complexity index is 414. The zero-order chi connectivity index (χ0) is 13.7. The van der Waals surface area contributed by atoms with Crippen molar-refractivity contribution in [2.24, 2.45) is 5.92 Å². The van der Waals surface area contributed by atoms with E-state index in [0.717, 1.165) is 0 Å². The van der Waals surface area contributed by atoms with Gasteiger partial charge in [-0.05, 0) is 6.92 Å². The molecular weight excluding hydrogens is 247 g/mol. The van der Waals surface area contributed by atoms with Crippen molar-refractivity contribution in [3.05, 3.63) is 29.6 Å². The Balaban J connectivity index is 2.66. The molecule has 6 heteroatoms. The van der Waals surface area contributed by atoms with Crippen molar-refractivity contribution in [3.63, 3.8) is 0 Å². The first-order valence-electron chi connectivity index (χ1n) is 5.50. The van der Waals surface area contributed by atoms with Gasteiger partial charge in [0.2, 0.25) is 0 Å². The molecule has 3 nitrogen and oxygen atoms in total. The van der Waals surface area contributed by atoms with Gasteiger partial charge >= 0.3 is 5.97 Å². The maximum absolute atomic E-state index is 13.3. The number of hydrogen-bond acceptors (Lipinski definition) is 3. The van der Waals surface area contributed by atoms with Crippen LogP contribution in [0.1, 0.15) is 13.8 Å². The van der Waals surface area contributed by atoms with Crippen LogP contribution >= 0.6 is 0 Å². The van der Waals surface area contributed by atoms with Gasteiger partial charge < -0.3 is 10.1 Å². The molecule has 0 radical (unpaired) electrons. The monoisotopic (exact) mass is 261 g/mol. The van der Waals surface area contributed by atoms with Crippen LogP contribution in [0.3, 0.4) is 0 Å². The average molecular weight is 261 g/mol. The first kappa shape index (κ1) is 14.3. The molecular formula is C12H14F3NO2. The highest BCUT2D eigenvalue weighted by Gasteiger charge is 2.16. The first-order chi connectivity index (χ1) is 8.45. The molecule has 0 spiro atoms. The maximum atomic E-state index is 13.3. The molecule has 0 aliphatic carbocycles. The minimum atomic E-state index is -1.04. The fourth-order valence-corrected chi connectivity index (χ4v) is 1.33.